The van der Waals surface area contributed by atoms with Gasteiger partial charge in [-0.25, -0.2) is 8.78 Å². The molecule has 0 radical (unpaired) electrons. The van der Waals surface area contributed by atoms with Crippen LogP contribution in [0.3, 0.4) is 0 Å². The first-order chi connectivity index (χ1) is 7.16. The molecular formula is C12H17F2N. The third kappa shape index (κ3) is 3.27. The highest BCUT2D eigenvalue weighted by atomic mass is 19.1. The summed E-state index contributed by atoms with van der Waals surface area (Å²) in [6.07, 6.45) is 1.02. The van der Waals surface area contributed by atoms with Crippen LogP contribution in [0.1, 0.15) is 31.7 Å². The zero-order chi connectivity index (χ0) is 11.3. The Hall–Kier alpha value is -0.960. The summed E-state index contributed by atoms with van der Waals surface area (Å²) < 4.78 is 26.7. The van der Waals surface area contributed by atoms with Crippen molar-refractivity contribution in [2.45, 2.75) is 26.2 Å². The van der Waals surface area contributed by atoms with Crippen molar-refractivity contribution in [1.29, 1.82) is 0 Å². The van der Waals surface area contributed by atoms with Crippen LogP contribution < -0.4 is 5.32 Å². The SMILES string of the molecule is CCCNCC(C)c1c(F)cccc1F. The van der Waals surface area contributed by atoms with Crippen LogP contribution in [-0.4, -0.2) is 13.1 Å². The first kappa shape index (κ1) is 12.1. The monoisotopic (exact) mass is 213 g/mol. The van der Waals surface area contributed by atoms with Crippen LogP contribution in [0.15, 0.2) is 18.2 Å². The number of hydrogen-bond donors (Lipinski definition) is 1. The average Bonchev–Trinajstić information content (AvgIpc) is 2.18. The fourth-order valence-electron chi connectivity index (χ4n) is 1.58. The summed E-state index contributed by atoms with van der Waals surface area (Å²) >= 11 is 0. The lowest BCUT2D eigenvalue weighted by Gasteiger charge is -2.14. The molecule has 1 aromatic rings. The van der Waals surface area contributed by atoms with Crippen molar-refractivity contribution in [3.8, 4) is 0 Å². The van der Waals surface area contributed by atoms with Crippen molar-refractivity contribution in [2.24, 2.45) is 0 Å². The number of nitrogens with one attached hydrogen (secondary N) is 1. The molecule has 1 nitrogen and oxygen atoms in total. The minimum Gasteiger partial charge on any atom is -0.316 e. The minimum absolute atomic E-state index is 0.141. The standard InChI is InChI=1S/C12H17F2N/c1-3-7-15-8-9(2)12-10(13)5-4-6-11(12)14/h4-6,9,15H,3,7-8H2,1-2H3. The molecule has 0 aliphatic rings. The van der Waals surface area contributed by atoms with E-state index in [1.165, 1.54) is 18.2 Å². The molecule has 0 amide bonds. The van der Waals surface area contributed by atoms with E-state index < -0.39 is 11.6 Å². The summed E-state index contributed by atoms with van der Waals surface area (Å²) in [6, 6.07) is 3.99. The van der Waals surface area contributed by atoms with Gasteiger partial charge in [0.1, 0.15) is 11.6 Å². The fraction of sp³-hybridized carbons (Fsp3) is 0.500. The lowest BCUT2D eigenvalue weighted by atomic mass is 10.00. The lowest BCUT2D eigenvalue weighted by Crippen LogP contribution is -2.22. The molecule has 1 aromatic carbocycles. The van der Waals surface area contributed by atoms with Gasteiger partial charge in [-0.2, -0.15) is 0 Å². The molecule has 0 spiro atoms. The van der Waals surface area contributed by atoms with Crippen LogP contribution in [0.25, 0.3) is 0 Å². The van der Waals surface area contributed by atoms with Crippen molar-refractivity contribution in [1.82, 2.24) is 5.32 Å². The molecule has 1 rings (SSSR count). The Morgan fingerprint density at radius 1 is 1.27 bits per heavy atom. The van der Waals surface area contributed by atoms with E-state index in [-0.39, 0.29) is 11.5 Å². The molecule has 0 aliphatic heterocycles. The van der Waals surface area contributed by atoms with Crippen LogP contribution in [0.2, 0.25) is 0 Å². The molecule has 0 aliphatic carbocycles. The Kier molecular flexibility index (Phi) is 4.69. The van der Waals surface area contributed by atoms with Gasteiger partial charge in [-0.05, 0) is 31.0 Å². The number of halogens is 2. The molecule has 0 saturated carbocycles. The largest absolute Gasteiger partial charge is 0.316 e. The lowest BCUT2D eigenvalue weighted by molar-refractivity contribution is 0.514. The van der Waals surface area contributed by atoms with E-state index in [1.807, 2.05) is 6.92 Å². The fourth-order valence-corrected chi connectivity index (χ4v) is 1.58. The molecule has 1 atom stereocenters. The second-order valence-electron chi connectivity index (χ2n) is 3.74. The minimum atomic E-state index is -0.458. The van der Waals surface area contributed by atoms with Crippen molar-refractivity contribution in [3.63, 3.8) is 0 Å². The maximum atomic E-state index is 13.3. The van der Waals surface area contributed by atoms with E-state index in [4.69, 9.17) is 0 Å². The average molecular weight is 213 g/mol. The van der Waals surface area contributed by atoms with Crippen molar-refractivity contribution in [3.05, 3.63) is 35.4 Å². The normalized spacial score (nSPS) is 12.8. The van der Waals surface area contributed by atoms with Crippen LogP contribution >= 0.6 is 0 Å². The summed E-state index contributed by atoms with van der Waals surface area (Å²) in [7, 11) is 0. The molecule has 84 valence electrons. The van der Waals surface area contributed by atoms with E-state index in [1.54, 1.807) is 0 Å². The van der Waals surface area contributed by atoms with E-state index in [0.29, 0.717) is 6.54 Å². The molecular weight excluding hydrogens is 196 g/mol. The third-order valence-corrected chi connectivity index (χ3v) is 2.37. The number of hydrogen-bond acceptors (Lipinski definition) is 1. The second-order valence-corrected chi connectivity index (χ2v) is 3.74. The van der Waals surface area contributed by atoms with Crippen molar-refractivity contribution >= 4 is 0 Å². The molecule has 0 heterocycles. The van der Waals surface area contributed by atoms with Gasteiger partial charge in [0, 0.05) is 12.1 Å². The van der Waals surface area contributed by atoms with Gasteiger partial charge in [0.2, 0.25) is 0 Å². The highest BCUT2D eigenvalue weighted by Gasteiger charge is 2.14. The van der Waals surface area contributed by atoms with E-state index >= 15 is 0 Å². The summed E-state index contributed by atoms with van der Waals surface area (Å²) in [5, 5.41) is 3.15. The Balaban J connectivity index is 2.68. The summed E-state index contributed by atoms with van der Waals surface area (Å²) in [5.41, 5.74) is 0.182. The maximum absolute atomic E-state index is 13.3. The van der Waals surface area contributed by atoms with Gasteiger partial charge in [0.25, 0.3) is 0 Å². The topological polar surface area (TPSA) is 12.0 Å². The van der Waals surface area contributed by atoms with E-state index in [2.05, 4.69) is 12.2 Å². The molecule has 1 N–H and O–H groups in total. The predicted octanol–water partition coefficient (Wildman–Crippen LogP) is 3.07. The smallest absolute Gasteiger partial charge is 0.129 e. The van der Waals surface area contributed by atoms with E-state index in [9.17, 15) is 8.78 Å². The highest BCUT2D eigenvalue weighted by molar-refractivity contribution is 5.23. The zero-order valence-corrected chi connectivity index (χ0v) is 9.19. The Morgan fingerprint density at radius 3 is 2.40 bits per heavy atom. The van der Waals surface area contributed by atoms with Crippen LogP contribution in [0.5, 0.6) is 0 Å². The number of rotatable bonds is 5. The van der Waals surface area contributed by atoms with E-state index in [0.717, 1.165) is 13.0 Å². The van der Waals surface area contributed by atoms with Crippen molar-refractivity contribution < 1.29 is 8.78 Å². The predicted molar refractivity (Wildman–Crippen MR) is 57.9 cm³/mol. The van der Waals surface area contributed by atoms with Crippen LogP contribution in [-0.2, 0) is 0 Å². The van der Waals surface area contributed by atoms with Crippen molar-refractivity contribution in [2.75, 3.05) is 13.1 Å². The van der Waals surface area contributed by atoms with Gasteiger partial charge in [-0.15, -0.1) is 0 Å². The summed E-state index contributed by atoms with van der Waals surface area (Å²) in [4.78, 5) is 0. The van der Waals surface area contributed by atoms with Crippen LogP contribution in [0.4, 0.5) is 8.78 Å². The molecule has 0 saturated heterocycles. The van der Waals surface area contributed by atoms with Gasteiger partial charge in [-0.3, -0.25) is 0 Å². The van der Waals surface area contributed by atoms with Gasteiger partial charge in [0.05, 0.1) is 0 Å². The van der Waals surface area contributed by atoms with Gasteiger partial charge in [-0.1, -0.05) is 19.9 Å². The quantitative estimate of drug-likeness (QED) is 0.741. The zero-order valence-electron chi connectivity index (χ0n) is 9.19. The Morgan fingerprint density at radius 2 is 1.87 bits per heavy atom. The highest BCUT2D eigenvalue weighted by Crippen LogP contribution is 2.21. The Bertz CT molecular complexity index is 292. The van der Waals surface area contributed by atoms with Crippen LogP contribution in [0, 0.1) is 11.6 Å². The second kappa shape index (κ2) is 5.81. The molecule has 1 unspecified atom stereocenters. The first-order valence-corrected chi connectivity index (χ1v) is 5.31. The Labute approximate surface area is 89.5 Å². The molecule has 0 aromatic heterocycles. The summed E-state index contributed by atoms with van der Waals surface area (Å²) in [5.74, 6) is -1.06. The third-order valence-electron chi connectivity index (χ3n) is 2.37. The molecule has 0 fully saturated rings. The number of benzene rings is 1. The van der Waals surface area contributed by atoms with Gasteiger partial charge < -0.3 is 5.32 Å². The van der Waals surface area contributed by atoms with Gasteiger partial charge in [0.15, 0.2) is 0 Å². The maximum Gasteiger partial charge on any atom is 0.129 e. The van der Waals surface area contributed by atoms with Gasteiger partial charge >= 0.3 is 0 Å². The molecule has 3 heteroatoms. The molecule has 0 bridgehead atoms. The molecule has 15 heavy (non-hydrogen) atoms. The first-order valence-electron chi connectivity index (χ1n) is 5.31. The summed E-state index contributed by atoms with van der Waals surface area (Å²) in [6.45, 7) is 5.36.